The second-order valence-electron chi connectivity index (χ2n) is 4.29. The van der Waals surface area contributed by atoms with E-state index in [1.165, 1.54) is 6.20 Å². The van der Waals surface area contributed by atoms with Crippen molar-refractivity contribution in [2.24, 2.45) is 0 Å². The molecule has 0 amide bonds. The fourth-order valence-electron chi connectivity index (χ4n) is 1.91. The summed E-state index contributed by atoms with van der Waals surface area (Å²) in [5.74, 6) is -1.13. The van der Waals surface area contributed by atoms with Crippen molar-refractivity contribution in [1.29, 1.82) is 0 Å². The highest BCUT2D eigenvalue weighted by molar-refractivity contribution is 5.75. The van der Waals surface area contributed by atoms with Crippen molar-refractivity contribution in [2.45, 2.75) is 19.5 Å². The molecule has 0 saturated heterocycles. The summed E-state index contributed by atoms with van der Waals surface area (Å²) in [6.45, 7) is 2.20. The minimum Gasteiger partial charge on any atom is -0.475 e. The summed E-state index contributed by atoms with van der Waals surface area (Å²) in [5, 5.41) is 6.77. The minimum absolute atomic E-state index is 0.0142. The van der Waals surface area contributed by atoms with E-state index in [0.29, 0.717) is 13.0 Å². The van der Waals surface area contributed by atoms with Crippen LogP contribution in [0.25, 0.3) is 16.8 Å². The van der Waals surface area contributed by atoms with E-state index in [9.17, 15) is 13.2 Å². The Balaban J connectivity index is 2.36. The fourth-order valence-corrected chi connectivity index (χ4v) is 1.91. The molecule has 0 atom stereocenters. The number of halogens is 3. The smallest absolute Gasteiger partial charge is 0.452 e. The zero-order valence-corrected chi connectivity index (χ0v) is 10.9. The molecular weight excluding hydrogens is 287 g/mol. The van der Waals surface area contributed by atoms with E-state index >= 15 is 0 Å². The van der Waals surface area contributed by atoms with Gasteiger partial charge in [-0.2, -0.15) is 13.2 Å². The maximum atomic E-state index is 13.1. The van der Waals surface area contributed by atoms with Crippen LogP contribution in [0.2, 0.25) is 0 Å². The molecular formula is C12H10F3N5O. The summed E-state index contributed by atoms with van der Waals surface area (Å²) >= 11 is 0. The minimum atomic E-state index is -4.65. The molecule has 0 aliphatic carbocycles. The Morgan fingerprint density at radius 2 is 2.05 bits per heavy atom. The molecule has 0 bridgehead atoms. The van der Waals surface area contributed by atoms with Crippen LogP contribution in [-0.4, -0.2) is 31.2 Å². The van der Waals surface area contributed by atoms with Crippen LogP contribution in [-0.2, 0) is 6.18 Å². The predicted molar refractivity (Wildman–Crippen MR) is 66.9 cm³/mol. The van der Waals surface area contributed by atoms with Gasteiger partial charge in [0.2, 0.25) is 11.5 Å². The molecule has 9 heteroatoms. The van der Waals surface area contributed by atoms with E-state index in [1.54, 1.807) is 12.1 Å². The zero-order valence-electron chi connectivity index (χ0n) is 10.9. The second kappa shape index (κ2) is 4.83. The van der Waals surface area contributed by atoms with Crippen molar-refractivity contribution < 1.29 is 17.9 Å². The summed E-state index contributed by atoms with van der Waals surface area (Å²) in [6.07, 6.45) is -2.57. The normalized spacial score (nSPS) is 12.2. The van der Waals surface area contributed by atoms with Crippen LogP contribution in [0, 0.1) is 0 Å². The number of hydrogen-bond donors (Lipinski definition) is 0. The molecule has 0 unspecified atom stereocenters. The van der Waals surface area contributed by atoms with E-state index in [1.807, 2.05) is 6.92 Å². The van der Waals surface area contributed by atoms with Gasteiger partial charge in [-0.25, -0.2) is 14.4 Å². The molecule has 3 heterocycles. The molecule has 3 aromatic rings. The van der Waals surface area contributed by atoms with Gasteiger partial charge in [0.15, 0.2) is 5.65 Å². The van der Waals surface area contributed by atoms with Crippen molar-refractivity contribution >= 4 is 16.8 Å². The van der Waals surface area contributed by atoms with Gasteiger partial charge >= 0.3 is 6.18 Å². The van der Waals surface area contributed by atoms with E-state index in [-0.39, 0.29) is 22.7 Å². The Kier molecular flexibility index (Phi) is 3.11. The summed E-state index contributed by atoms with van der Waals surface area (Å²) in [6, 6.07) is 3.14. The Labute approximate surface area is 116 Å². The molecule has 110 valence electrons. The molecule has 3 aromatic heterocycles. The summed E-state index contributed by atoms with van der Waals surface area (Å²) in [4.78, 5) is 8.10. The topological polar surface area (TPSA) is 65.2 Å². The van der Waals surface area contributed by atoms with Crippen LogP contribution in [0.4, 0.5) is 13.2 Å². The Hall–Kier alpha value is -2.45. The van der Waals surface area contributed by atoms with E-state index in [0.717, 1.165) is 4.40 Å². The van der Waals surface area contributed by atoms with Crippen LogP contribution in [0.3, 0.4) is 0 Å². The van der Waals surface area contributed by atoms with Gasteiger partial charge in [-0.15, -0.1) is 10.2 Å². The quantitative estimate of drug-likeness (QED) is 0.743. The molecule has 3 rings (SSSR count). The maximum Gasteiger partial charge on any atom is 0.452 e. The maximum absolute atomic E-state index is 13.1. The van der Waals surface area contributed by atoms with Crippen molar-refractivity contribution in [2.75, 3.05) is 6.61 Å². The SMILES string of the molecule is CCCOc1nc2cccnc2n2c(C(F)(F)F)nnc12. The first kappa shape index (κ1) is 13.5. The molecule has 0 aromatic carbocycles. The van der Waals surface area contributed by atoms with Crippen LogP contribution in [0.5, 0.6) is 5.88 Å². The first-order chi connectivity index (χ1) is 10.0. The van der Waals surface area contributed by atoms with Crippen LogP contribution in [0.1, 0.15) is 19.2 Å². The van der Waals surface area contributed by atoms with Gasteiger partial charge in [-0.05, 0) is 18.6 Å². The van der Waals surface area contributed by atoms with Crippen LogP contribution in [0.15, 0.2) is 18.3 Å². The molecule has 0 aliphatic rings. The highest BCUT2D eigenvalue weighted by Gasteiger charge is 2.38. The van der Waals surface area contributed by atoms with Gasteiger partial charge in [-0.1, -0.05) is 6.92 Å². The van der Waals surface area contributed by atoms with Crippen LogP contribution >= 0.6 is 0 Å². The summed E-state index contributed by atoms with van der Waals surface area (Å²) in [7, 11) is 0. The highest BCUT2D eigenvalue weighted by atomic mass is 19.4. The molecule has 0 radical (unpaired) electrons. The third-order valence-electron chi connectivity index (χ3n) is 2.75. The van der Waals surface area contributed by atoms with Gasteiger partial charge in [0.05, 0.1) is 6.61 Å². The predicted octanol–water partition coefficient (Wildman–Crippen LogP) is 2.48. The first-order valence-electron chi connectivity index (χ1n) is 6.22. The Morgan fingerprint density at radius 3 is 2.76 bits per heavy atom. The number of nitrogens with zero attached hydrogens (tertiary/aromatic N) is 5. The van der Waals surface area contributed by atoms with E-state index in [4.69, 9.17) is 4.74 Å². The molecule has 0 fully saturated rings. The number of pyridine rings is 1. The number of rotatable bonds is 3. The zero-order chi connectivity index (χ0) is 15.0. The average molecular weight is 297 g/mol. The van der Waals surface area contributed by atoms with Gasteiger partial charge < -0.3 is 4.74 Å². The lowest BCUT2D eigenvalue weighted by Gasteiger charge is -2.09. The monoisotopic (exact) mass is 297 g/mol. The number of hydrogen-bond acceptors (Lipinski definition) is 5. The van der Waals surface area contributed by atoms with Gasteiger partial charge in [0.25, 0.3) is 5.88 Å². The fraction of sp³-hybridized carbons (Fsp3) is 0.333. The Morgan fingerprint density at radius 1 is 1.24 bits per heavy atom. The van der Waals surface area contributed by atoms with Gasteiger partial charge in [0.1, 0.15) is 5.52 Å². The summed E-state index contributed by atoms with van der Waals surface area (Å²) in [5.41, 5.74) is 0.219. The number of aromatic nitrogens is 5. The molecule has 0 aliphatic heterocycles. The molecule has 0 saturated carbocycles. The lowest BCUT2D eigenvalue weighted by Crippen LogP contribution is -2.12. The van der Waals surface area contributed by atoms with Crippen molar-refractivity contribution in [3.8, 4) is 5.88 Å². The lowest BCUT2D eigenvalue weighted by molar-refractivity contribution is -0.145. The third kappa shape index (κ3) is 2.24. The molecule has 6 nitrogen and oxygen atoms in total. The van der Waals surface area contributed by atoms with Crippen LogP contribution < -0.4 is 4.74 Å². The standard InChI is InChI=1S/C12H10F3N5O/c1-2-6-21-10-9-18-19-11(12(13,14)15)20(9)8-7(17-10)4-3-5-16-8/h3-5H,2,6H2,1H3. The average Bonchev–Trinajstić information content (AvgIpc) is 2.90. The van der Waals surface area contributed by atoms with Gasteiger partial charge in [0, 0.05) is 6.20 Å². The summed E-state index contributed by atoms with van der Waals surface area (Å²) < 4.78 is 45.4. The second-order valence-corrected chi connectivity index (χ2v) is 4.29. The van der Waals surface area contributed by atoms with Crippen molar-refractivity contribution in [3.05, 3.63) is 24.2 Å². The Bertz CT molecular complexity index is 799. The highest BCUT2D eigenvalue weighted by Crippen LogP contribution is 2.31. The molecule has 0 N–H and O–H groups in total. The third-order valence-corrected chi connectivity index (χ3v) is 2.75. The molecule has 21 heavy (non-hydrogen) atoms. The lowest BCUT2D eigenvalue weighted by atomic mass is 10.4. The largest absolute Gasteiger partial charge is 0.475 e. The van der Waals surface area contributed by atoms with Crippen molar-refractivity contribution in [1.82, 2.24) is 24.6 Å². The van der Waals surface area contributed by atoms with Crippen molar-refractivity contribution in [3.63, 3.8) is 0 Å². The number of alkyl halides is 3. The first-order valence-corrected chi connectivity index (χ1v) is 6.22. The van der Waals surface area contributed by atoms with E-state index in [2.05, 4.69) is 20.2 Å². The van der Waals surface area contributed by atoms with E-state index < -0.39 is 12.0 Å². The number of fused-ring (bicyclic) bond motifs is 3. The molecule has 0 spiro atoms. The number of ether oxygens (including phenoxy) is 1. The van der Waals surface area contributed by atoms with Gasteiger partial charge in [-0.3, -0.25) is 0 Å².